The van der Waals surface area contributed by atoms with Crippen molar-refractivity contribution in [1.82, 2.24) is 10.3 Å². The number of oxazole rings is 1. The minimum absolute atomic E-state index is 0.0724. The lowest BCUT2D eigenvalue weighted by Crippen LogP contribution is -2.36. The number of amides is 1. The predicted octanol–water partition coefficient (Wildman–Crippen LogP) is 3.54. The van der Waals surface area contributed by atoms with Crippen LogP contribution in [0.2, 0.25) is 0 Å². The Hall–Kier alpha value is -2.10. The number of hydrogen-bond donors (Lipinski definition) is 1. The van der Waals surface area contributed by atoms with Gasteiger partial charge in [-0.05, 0) is 43.7 Å². The fourth-order valence-electron chi connectivity index (χ4n) is 2.76. The minimum atomic E-state index is -0.0724. The molecule has 0 spiro atoms. The zero-order valence-corrected chi connectivity index (χ0v) is 12.2. The van der Waals surface area contributed by atoms with E-state index in [0.717, 1.165) is 29.9 Å². The van der Waals surface area contributed by atoms with Crippen molar-refractivity contribution < 1.29 is 9.21 Å². The van der Waals surface area contributed by atoms with E-state index in [9.17, 15) is 4.79 Å². The second kappa shape index (κ2) is 6.12. The molecule has 0 aliphatic heterocycles. The Bertz CT molecular complexity index is 619. The Labute approximate surface area is 124 Å². The van der Waals surface area contributed by atoms with E-state index >= 15 is 0 Å². The average molecular weight is 284 g/mol. The first-order valence-corrected chi connectivity index (χ1v) is 7.55. The standard InChI is InChI=1S/C17H20N2O2/c1-12-6-8-13(9-7-12)18-16(20)10-11-17-19-14-4-2-3-5-15(14)21-17/h2-5,10-13H,6-9H2,1H3,(H,18,20)/b11-10+. The summed E-state index contributed by atoms with van der Waals surface area (Å²) in [5.74, 6) is 1.17. The van der Waals surface area contributed by atoms with E-state index in [2.05, 4.69) is 17.2 Å². The molecular weight excluding hydrogens is 264 g/mol. The second-order valence-corrected chi connectivity index (χ2v) is 5.82. The molecule has 0 saturated heterocycles. The normalized spacial score (nSPS) is 22.7. The zero-order valence-electron chi connectivity index (χ0n) is 12.2. The van der Waals surface area contributed by atoms with Crippen LogP contribution in [0.4, 0.5) is 0 Å². The topological polar surface area (TPSA) is 55.1 Å². The lowest BCUT2D eigenvalue weighted by atomic mass is 9.87. The Morgan fingerprint density at radius 2 is 2.05 bits per heavy atom. The molecule has 4 nitrogen and oxygen atoms in total. The summed E-state index contributed by atoms with van der Waals surface area (Å²) in [6, 6.07) is 7.87. The van der Waals surface area contributed by atoms with E-state index in [1.807, 2.05) is 24.3 Å². The van der Waals surface area contributed by atoms with Crippen LogP contribution >= 0.6 is 0 Å². The van der Waals surface area contributed by atoms with Crippen LogP contribution in [-0.4, -0.2) is 16.9 Å². The third kappa shape index (κ3) is 3.51. The molecule has 1 aromatic heterocycles. The van der Waals surface area contributed by atoms with Gasteiger partial charge in [0.2, 0.25) is 11.8 Å². The van der Waals surface area contributed by atoms with Gasteiger partial charge in [-0.25, -0.2) is 4.98 Å². The maximum absolute atomic E-state index is 11.9. The van der Waals surface area contributed by atoms with Gasteiger partial charge in [-0.1, -0.05) is 19.1 Å². The number of benzene rings is 1. The van der Waals surface area contributed by atoms with Crippen LogP contribution in [0.1, 0.15) is 38.5 Å². The first-order chi connectivity index (χ1) is 10.2. The van der Waals surface area contributed by atoms with Gasteiger partial charge < -0.3 is 9.73 Å². The molecule has 1 heterocycles. The molecule has 0 radical (unpaired) electrons. The molecule has 21 heavy (non-hydrogen) atoms. The third-order valence-corrected chi connectivity index (χ3v) is 4.05. The summed E-state index contributed by atoms with van der Waals surface area (Å²) in [5, 5.41) is 3.05. The molecule has 1 aromatic carbocycles. The first-order valence-electron chi connectivity index (χ1n) is 7.55. The maximum atomic E-state index is 11.9. The number of nitrogens with one attached hydrogen (secondary N) is 1. The van der Waals surface area contributed by atoms with Crippen LogP contribution in [0.5, 0.6) is 0 Å². The molecule has 4 heteroatoms. The predicted molar refractivity (Wildman–Crippen MR) is 82.6 cm³/mol. The number of aromatic nitrogens is 1. The number of carbonyl (C=O) groups is 1. The van der Waals surface area contributed by atoms with Crippen molar-refractivity contribution in [2.24, 2.45) is 5.92 Å². The van der Waals surface area contributed by atoms with Crippen LogP contribution in [0.25, 0.3) is 17.2 Å². The smallest absolute Gasteiger partial charge is 0.244 e. The van der Waals surface area contributed by atoms with Gasteiger partial charge in [0, 0.05) is 18.2 Å². The van der Waals surface area contributed by atoms with Crippen LogP contribution in [-0.2, 0) is 4.79 Å². The largest absolute Gasteiger partial charge is 0.437 e. The molecule has 0 atom stereocenters. The molecule has 1 aliphatic rings. The van der Waals surface area contributed by atoms with Gasteiger partial charge in [0.05, 0.1) is 0 Å². The summed E-state index contributed by atoms with van der Waals surface area (Å²) in [4.78, 5) is 16.2. The molecular formula is C17H20N2O2. The van der Waals surface area contributed by atoms with Gasteiger partial charge in [0.25, 0.3) is 0 Å². The highest BCUT2D eigenvalue weighted by molar-refractivity contribution is 5.91. The van der Waals surface area contributed by atoms with Crippen molar-refractivity contribution in [1.29, 1.82) is 0 Å². The molecule has 1 N–H and O–H groups in total. The maximum Gasteiger partial charge on any atom is 0.244 e. The van der Waals surface area contributed by atoms with Gasteiger partial charge in [0.1, 0.15) is 5.52 Å². The van der Waals surface area contributed by atoms with E-state index < -0.39 is 0 Å². The van der Waals surface area contributed by atoms with E-state index in [1.54, 1.807) is 6.08 Å². The van der Waals surface area contributed by atoms with Crippen molar-refractivity contribution in [2.45, 2.75) is 38.6 Å². The SMILES string of the molecule is CC1CCC(NC(=O)/C=C/c2nc3ccccc3o2)CC1. The van der Waals surface area contributed by atoms with E-state index in [-0.39, 0.29) is 5.91 Å². The highest BCUT2D eigenvalue weighted by Crippen LogP contribution is 2.23. The molecule has 1 fully saturated rings. The Morgan fingerprint density at radius 1 is 1.29 bits per heavy atom. The van der Waals surface area contributed by atoms with E-state index in [0.29, 0.717) is 11.9 Å². The van der Waals surface area contributed by atoms with Crippen LogP contribution in [0.15, 0.2) is 34.8 Å². The number of rotatable bonds is 3. The van der Waals surface area contributed by atoms with Gasteiger partial charge in [-0.3, -0.25) is 4.79 Å². The second-order valence-electron chi connectivity index (χ2n) is 5.82. The monoisotopic (exact) mass is 284 g/mol. The summed E-state index contributed by atoms with van der Waals surface area (Å²) in [7, 11) is 0. The first kappa shape index (κ1) is 13.9. The van der Waals surface area contributed by atoms with Gasteiger partial charge in [-0.15, -0.1) is 0 Å². The summed E-state index contributed by atoms with van der Waals surface area (Å²) in [6.45, 7) is 2.27. The van der Waals surface area contributed by atoms with E-state index in [4.69, 9.17) is 4.42 Å². The highest BCUT2D eigenvalue weighted by atomic mass is 16.3. The summed E-state index contributed by atoms with van der Waals surface area (Å²) in [6.07, 6.45) is 7.66. The number of para-hydroxylation sites is 2. The van der Waals surface area contributed by atoms with Gasteiger partial charge in [0.15, 0.2) is 5.58 Å². The van der Waals surface area contributed by atoms with Crippen molar-refractivity contribution in [2.75, 3.05) is 0 Å². The van der Waals surface area contributed by atoms with E-state index in [1.165, 1.54) is 18.9 Å². The number of carbonyl (C=O) groups excluding carboxylic acids is 1. The number of nitrogens with zero attached hydrogens (tertiary/aromatic N) is 1. The molecule has 110 valence electrons. The quantitative estimate of drug-likeness (QED) is 0.877. The average Bonchev–Trinajstić information content (AvgIpc) is 2.90. The third-order valence-electron chi connectivity index (χ3n) is 4.05. The molecule has 0 unspecified atom stereocenters. The van der Waals surface area contributed by atoms with Crippen molar-refractivity contribution in [3.63, 3.8) is 0 Å². The summed E-state index contributed by atoms with van der Waals surface area (Å²) < 4.78 is 5.54. The van der Waals surface area contributed by atoms with Crippen LogP contribution < -0.4 is 5.32 Å². The van der Waals surface area contributed by atoms with Gasteiger partial charge >= 0.3 is 0 Å². The lowest BCUT2D eigenvalue weighted by Gasteiger charge is -2.26. The summed E-state index contributed by atoms with van der Waals surface area (Å²) >= 11 is 0. The highest BCUT2D eigenvalue weighted by Gasteiger charge is 2.18. The lowest BCUT2D eigenvalue weighted by molar-refractivity contribution is -0.117. The molecule has 3 rings (SSSR count). The van der Waals surface area contributed by atoms with Gasteiger partial charge in [-0.2, -0.15) is 0 Å². The molecule has 1 saturated carbocycles. The minimum Gasteiger partial charge on any atom is -0.437 e. The number of hydrogen-bond acceptors (Lipinski definition) is 3. The number of fused-ring (bicyclic) bond motifs is 1. The van der Waals surface area contributed by atoms with Crippen molar-refractivity contribution >= 4 is 23.1 Å². The molecule has 2 aromatic rings. The fourth-order valence-corrected chi connectivity index (χ4v) is 2.76. The molecule has 1 aliphatic carbocycles. The Balaban J connectivity index is 1.58. The van der Waals surface area contributed by atoms with Crippen LogP contribution in [0.3, 0.4) is 0 Å². The Kier molecular flexibility index (Phi) is 4.04. The fraction of sp³-hybridized carbons (Fsp3) is 0.412. The zero-order chi connectivity index (χ0) is 14.7. The van der Waals surface area contributed by atoms with Crippen molar-refractivity contribution in [3.05, 3.63) is 36.2 Å². The summed E-state index contributed by atoms with van der Waals surface area (Å²) in [5.41, 5.74) is 1.54. The molecule has 1 amide bonds. The molecule has 0 bridgehead atoms. The van der Waals surface area contributed by atoms with Crippen LogP contribution in [0, 0.1) is 5.92 Å². The Morgan fingerprint density at radius 3 is 2.81 bits per heavy atom. The van der Waals surface area contributed by atoms with Crippen molar-refractivity contribution in [3.8, 4) is 0 Å².